The number of para-hydroxylation sites is 1. The van der Waals surface area contributed by atoms with E-state index in [-0.39, 0.29) is 0 Å². The molecule has 0 heterocycles. The van der Waals surface area contributed by atoms with Crippen LogP contribution in [0.15, 0.2) is 30.3 Å². The van der Waals surface area contributed by atoms with Gasteiger partial charge in [-0.15, -0.1) is 0 Å². The number of ether oxygens (including phenoxy) is 1. The van der Waals surface area contributed by atoms with E-state index in [1.54, 1.807) is 24.3 Å². The molecule has 0 saturated heterocycles. The van der Waals surface area contributed by atoms with Crippen molar-refractivity contribution < 1.29 is 4.74 Å². The standard InChI is InChI=1S/C7H5Cl3O.C2H6/c8-7(9,10)11-6-4-2-1-3-5-6;1-2/h1-5H;1-2H3. The zero-order chi connectivity index (χ0) is 10.3. The molecule has 0 unspecified atom stereocenters. The highest BCUT2D eigenvalue weighted by molar-refractivity contribution is 6.66. The van der Waals surface area contributed by atoms with E-state index in [1.165, 1.54) is 0 Å². The number of halogens is 3. The van der Waals surface area contributed by atoms with Gasteiger partial charge in [-0.1, -0.05) is 32.0 Å². The van der Waals surface area contributed by atoms with Crippen molar-refractivity contribution in [3.05, 3.63) is 30.3 Å². The number of hydrogen-bond acceptors (Lipinski definition) is 1. The molecule has 1 aromatic rings. The molecular formula is C9H11Cl3O. The maximum absolute atomic E-state index is 5.38. The topological polar surface area (TPSA) is 9.23 Å². The zero-order valence-corrected chi connectivity index (χ0v) is 9.70. The van der Waals surface area contributed by atoms with Crippen LogP contribution in [-0.2, 0) is 0 Å². The number of benzene rings is 1. The van der Waals surface area contributed by atoms with Gasteiger partial charge < -0.3 is 4.74 Å². The van der Waals surface area contributed by atoms with Crippen molar-refractivity contribution in [3.8, 4) is 5.75 Å². The summed E-state index contributed by atoms with van der Waals surface area (Å²) < 4.78 is 3.22. The van der Waals surface area contributed by atoms with Gasteiger partial charge in [0.2, 0.25) is 0 Å². The monoisotopic (exact) mass is 240 g/mol. The number of hydrogen-bond donors (Lipinski definition) is 0. The maximum atomic E-state index is 5.38. The third-order valence-corrected chi connectivity index (χ3v) is 1.21. The Morgan fingerprint density at radius 3 is 1.85 bits per heavy atom. The molecule has 74 valence electrons. The van der Waals surface area contributed by atoms with Gasteiger partial charge in [0.05, 0.1) is 0 Å². The molecule has 1 aromatic carbocycles. The van der Waals surface area contributed by atoms with E-state index >= 15 is 0 Å². The molecule has 0 amide bonds. The molecule has 0 bridgehead atoms. The van der Waals surface area contributed by atoms with Crippen LogP contribution in [0, 0.1) is 0 Å². The van der Waals surface area contributed by atoms with Crippen LogP contribution in [0.1, 0.15) is 13.8 Å². The van der Waals surface area contributed by atoms with Crippen LogP contribution in [0.3, 0.4) is 0 Å². The van der Waals surface area contributed by atoms with Crippen LogP contribution in [0.2, 0.25) is 0 Å². The first-order valence-corrected chi connectivity index (χ1v) is 5.02. The average Bonchev–Trinajstić information content (AvgIpc) is 2.07. The quantitative estimate of drug-likeness (QED) is 0.661. The normalized spacial score (nSPS) is 9.92. The van der Waals surface area contributed by atoms with Gasteiger partial charge in [-0.25, -0.2) is 0 Å². The molecule has 1 nitrogen and oxygen atoms in total. The fraction of sp³-hybridized carbons (Fsp3) is 0.333. The first-order valence-electron chi connectivity index (χ1n) is 3.89. The number of alkyl halides is 3. The molecule has 0 N–H and O–H groups in total. The highest BCUT2D eigenvalue weighted by Crippen LogP contribution is 2.29. The number of rotatable bonds is 1. The van der Waals surface area contributed by atoms with E-state index in [1.807, 2.05) is 19.9 Å². The van der Waals surface area contributed by atoms with Gasteiger partial charge in [0.25, 0.3) is 0 Å². The molecule has 0 radical (unpaired) electrons. The molecule has 0 aromatic heterocycles. The summed E-state index contributed by atoms with van der Waals surface area (Å²) >= 11 is 16.1. The molecule has 0 aliphatic heterocycles. The van der Waals surface area contributed by atoms with E-state index in [0.29, 0.717) is 5.75 Å². The molecule has 1 rings (SSSR count). The van der Waals surface area contributed by atoms with Crippen molar-refractivity contribution in [1.82, 2.24) is 0 Å². The maximum Gasteiger partial charge on any atom is 0.338 e. The van der Waals surface area contributed by atoms with Crippen LogP contribution in [0.25, 0.3) is 0 Å². The Labute approximate surface area is 93.6 Å². The lowest BCUT2D eigenvalue weighted by Crippen LogP contribution is -2.12. The molecule has 0 fully saturated rings. The van der Waals surface area contributed by atoms with E-state index in [9.17, 15) is 0 Å². The Kier molecular flexibility index (Phi) is 6.31. The Balaban J connectivity index is 0.000000671. The van der Waals surface area contributed by atoms with Crippen molar-refractivity contribution in [3.63, 3.8) is 0 Å². The van der Waals surface area contributed by atoms with Gasteiger partial charge in [0.15, 0.2) is 0 Å². The van der Waals surface area contributed by atoms with Crippen molar-refractivity contribution in [2.45, 2.75) is 17.8 Å². The molecule has 0 spiro atoms. The summed E-state index contributed by atoms with van der Waals surface area (Å²) in [5, 5.41) is 0. The van der Waals surface area contributed by atoms with Crippen LogP contribution < -0.4 is 4.74 Å². The summed E-state index contributed by atoms with van der Waals surface area (Å²) in [6.07, 6.45) is 0. The lowest BCUT2D eigenvalue weighted by atomic mass is 10.3. The van der Waals surface area contributed by atoms with E-state index in [0.717, 1.165) is 0 Å². The van der Waals surface area contributed by atoms with E-state index in [2.05, 4.69) is 0 Å². The minimum Gasteiger partial charge on any atom is -0.446 e. The average molecular weight is 242 g/mol. The SMILES string of the molecule is CC.ClC(Cl)(Cl)Oc1ccccc1. The van der Waals surface area contributed by atoms with Gasteiger partial charge >= 0.3 is 3.98 Å². The molecule has 13 heavy (non-hydrogen) atoms. The van der Waals surface area contributed by atoms with Crippen LogP contribution in [0.4, 0.5) is 0 Å². The summed E-state index contributed by atoms with van der Waals surface area (Å²) in [4.78, 5) is 0. The highest BCUT2D eigenvalue weighted by atomic mass is 35.6. The predicted octanol–water partition coefficient (Wildman–Crippen LogP) is 4.42. The van der Waals surface area contributed by atoms with Gasteiger partial charge in [-0.05, 0) is 46.9 Å². The van der Waals surface area contributed by atoms with Crippen molar-refractivity contribution in [2.75, 3.05) is 0 Å². The van der Waals surface area contributed by atoms with Gasteiger partial charge in [-0.3, -0.25) is 0 Å². The largest absolute Gasteiger partial charge is 0.446 e. The van der Waals surface area contributed by atoms with Gasteiger partial charge in [0.1, 0.15) is 5.75 Å². The minimum atomic E-state index is -1.68. The second-order valence-corrected chi connectivity index (χ2v) is 4.04. The molecule has 0 saturated carbocycles. The van der Waals surface area contributed by atoms with Crippen molar-refractivity contribution in [2.24, 2.45) is 0 Å². The lowest BCUT2D eigenvalue weighted by molar-refractivity contribution is 0.320. The smallest absolute Gasteiger partial charge is 0.338 e. The first kappa shape index (κ1) is 12.9. The van der Waals surface area contributed by atoms with Crippen LogP contribution >= 0.6 is 34.8 Å². The second-order valence-electron chi connectivity index (χ2n) is 1.86. The molecule has 0 aliphatic rings. The third-order valence-electron chi connectivity index (χ3n) is 0.977. The third kappa shape index (κ3) is 7.00. The first-order chi connectivity index (χ1) is 6.08. The van der Waals surface area contributed by atoms with Crippen molar-refractivity contribution >= 4 is 34.8 Å². The molecule has 4 heteroatoms. The Bertz CT molecular complexity index is 218. The Hall–Kier alpha value is -0.110. The van der Waals surface area contributed by atoms with Crippen molar-refractivity contribution in [1.29, 1.82) is 0 Å². The summed E-state index contributed by atoms with van der Waals surface area (Å²) in [5.74, 6) is 0.535. The summed E-state index contributed by atoms with van der Waals surface area (Å²) in [6.45, 7) is 4.00. The summed E-state index contributed by atoms with van der Waals surface area (Å²) in [7, 11) is 0. The second kappa shape index (κ2) is 6.36. The fourth-order valence-corrected chi connectivity index (χ4v) is 0.889. The highest BCUT2D eigenvalue weighted by Gasteiger charge is 2.21. The van der Waals surface area contributed by atoms with Gasteiger partial charge in [-0.2, -0.15) is 0 Å². The summed E-state index contributed by atoms with van der Waals surface area (Å²) in [6, 6.07) is 8.87. The molecule has 0 atom stereocenters. The molecule has 0 aliphatic carbocycles. The molecular weight excluding hydrogens is 230 g/mol. The van der Waals surface area contributed by atoms with Crippen LogP contribution in [-0.4, -0.2) is 3.98 Å². The Morgan fingerprint density at radius 2 is 1.46 bits per heavy atom. The summed E-state index contributed by atoms with van der Waals surface area (Å²) in [5.41, 5.74) is 0. The minimum absolute atomic E-state index is 0.535. The van der Waals surface area contributed by atoms with E-state index in [4.69, 9.17) is 39.5 Å². The Morgan fingerprint density at radius 1 is 1.00 bits per heavy atom. The van der Waals surface area contributed by atoms with Crippen LogP contribution in [0.5, 0.6) is 5.75 Å². The van der Waals surface area contributed by atoms with E-state index < -0.39 is 3.98 Å². The lowest BCUT2D eigenvalue weighted by Gasteiger charge is -2.12. The zero-order valence-electron chi connectivity index (χ0n) is 7.43. The van der Waals surface area contributed by atoms with Gasteiger partial charge in [0, 0.05) is 0 Å². The fourth-order valence-electron chi connectivity index (χ4n) is 0.622. The predicted molar refractivity (Wildman–Crippen MR) is 58.7 cm³/mol.